The Bertz CT molecular complexity index is 1020. The largest absolute Gasteiger partial charge is 0.466 e. The molecule has 3 aromatic rings. The molecule has 0 radical (unpaired) electrons. The van der Waals surface area contributed by atoms with Gasteiger partial charge in [-0.1, -0.05) is 6.07 Å². The van der Waals surface area contributed by atoms with E-state index in [-0.39, 0.29) is 29.7 Å². The van der Waals surface area contributed by atoms with Gasteiger partial charge in [0.05, 0.1) is 22.7 Å². The number of nitrogens with zero attached hydrogens (tertiary/aromatic N) is 3. The minimum Gasteiger partial charge on any atom is -0.466 e. The quantitative estimate of drug-likeness (QED) is 0.256. The minimum absolute atomic E-state index is 0.0795. The van der Waals surface area contributed by atoms with Gasteiger partial charge in [0.2, 0.25) is 5.78 Å². The predicted octanol–water partition coefficient (Wildman–Crippen LogP) is 3.36. The minimum atomic E-state index is -0.513. The van der Waals surface area contributed by atoms with Crippen molar-refractivity contribution < 1.29 is 19.2 Å². The number of aromatic nitrogens is 2. The number of hydrogen-bond acceptors (Lipinski definition) is 6. The molecule has 0 saturated carbocycles. The van der Waals surface area contributed by atoms with E-state index in [2.05, 4.69) is 4.98 Å². The van der Waals surface area contributed by atoms with E-state index in [1.165, 1.54) is 24.3 Å². The summed E-state index contributed by atoms with van der Waals surface area (Å²) in [4.78, 5) is 39.2. The van der Waals surface area contributed by atoms with Crippen molar-refractivity contribution in [2.45, 2.75) is 26.2 Å². The standard InChI is InChI=1S/C20H19N3O5/c1-2-28-18(24)8-5-6-16-17-7-3-4-13-22(17)20(21-16)19(25)14-9-11-15(12-10-14)23(26)27/h3-4,7,9-13H,2,5-6,8H2,1H3. The highest BCUT2D eigenvalue weighted by Gasteiger charge is 2.19. The number of aryl methyl sites for hydroxylation is 1. The summed E-state index contributed by atoms with van der Waals surface area (Å²) in [6.45, 7) is 2.11. The van der Waals surface area contributed by atoms with Crippen LogP contribution in [0.2, 0.25) is 0 Å². The fourth-order valence-electron chi connectivity index (χ4n) is 2.94. The smallest absolute Gasteiger partial charge is 0.305 e. The van der Waals surface area contributed by atoms with E-state index in [1.807, 2.05) is 12.1 Å². The van der Waals surface area contributed by atoms with E-state index in [0.717, 1.165) is 11.2 Å². The Morgan fingerprint density at radius 2 is 1.93 bits per heavy atom. The van der Waals surface area contributed by atoms with Crippen LogP contribution in [0.3, 0.4) is 0 Å². The summed E-state index contributed by atoms with van der Waals surface area (Å²) in [5, 5.41) is 10.8. The fraction of sp³-hybridized carbons (Fsp3) is 0.250. The molecule has 0 spiro atoms. The Hall–Kier alpha value is -3.55. The monoisotopic (exact) mass is 381 g/mol. The Balaban J connectivity index is 1.86. The fourth-order valence-corrected chi connectivity index (χ4v) is 2.94. The second kappa shape index (κ2) is 8.43. The van der Waals surface area contributed by atoms with Crippen LogP contribution in [0.15, 0.2) is 48.7 Å². The van der Waals surface area contributed by atoms with Crippen molar-refractivity contribution in [3.63, 3.8) is 0 Å². The van der Waals surface area contributed by atoms with Gasteiger partial charge in [0, 0.05) is 30.3 Å². The number of carbonyl (C=O) groups is 2. The maximum atomic E-state index is 12.9. The maximum Gasteiger partial charge on any atom is 0.305 e. The lowest BCUT2D eigenvalue weighted by molar-refractivity contribution is -0.384. The van der Waals surface area contributed by atoms with Crippen molar-refractivity contribution in [1.82, 2.24) is 9.38 Å². The number of hydrogen-bond donors (Lipinski definition) is 0. The third-order valence-corrected chi connectivity index (χ3v) is 4.27. The first kappa shape index (κ1) is 19.2. The molecule has 0 unspecified atom stereocenters. The first-order valence-corrected chi connectivity index (χ1v) is 8.92. The lowest BCUT2D eigenvalue weighted by atomic mass is 10.1. The Labute approximate surface area is 160 Å². The summed E-state index contributed by atoms with van der Waals surface area (Å²) < 4.78 is 6.63. The van der Waals surface area contributed by atoms with Crippen molar-refractivity contribution in [3.8, 4) is 0 Å². The Morgan fingerprint density at radius 3 is 2.61 bits per heavy atom. The van der Waals surface area contributed by atoms with Crippen molar-refractivity contribution in [2.75, 3.05) is 6.61 Å². The molecule has 0 fully saturated rings. The first-order chi connectivity index (χ1) is 13.5. The highest BCUT2D eigenvalue weighted by Crippen LogP contribution is 2.20. The zero-order valence-electron chi connectivity index (χ0n) is 15.3. The number of nitro groups is 1. The van der Waals surface area contributed by atoms with Crippen molar-refractivity contribution >= 4 is 23.0 Å². The van der Waals surface area contributed by atoms with Gasteiger partial charge in [0.25, 0.3) is 5.69 Å². The Kier molecular flexibility index (Phi) is 5.78. The van der Waals surface area contributed by atoms with Crippen molar-refractivity contribution in [3.05, 3.63) is 75.9 Å². The summed E-state index contributed by atoms with van der Waals surface area (Å²) in [6.07, 6.45) is 3.12. The molecule has 0 aliphatic carbocycles. The maximum absolute atomic E-state index is 12.9. The van der Waals surface area contributed by atoms with E-state index >= 15 is 0 Å². The molecule has 0 aliphatic rings. The second-order valence-electron chi connectivity index (χ2n) is 6.13. The van der Waals surface area contributed by atoms with Gasteiger partial charge < -0.3 is 4.74 Å². The zero-order chi connectivity index (χ0) is 20.1. The van der Waals surface area contributed by atoms with E-state index in [0.29, 0.717) is 25.0 Å². The van der Waals surface area contributed by atoms with Crippen molar-refractivity contribution in [1.29, 1.82) is 0 Å². The first-order valence-electron chi connectivity index (χ1n) is 8.92. The van der Waals surface area contributed by atoms with Crippen LogP contribution < -0.4 is 0 Å². The number of carbonyl (C=O) groups excluding carboxylic acids is 2. The molecule has 8 heteroatoms. The van der Waals surface area contributed by atoms with Gasteiger partial charge in [-0.3, -0.25) is 24.1 Å². The third-order valence-electron chi connectivity index (χ3n) is 4.27. The third kappa shape index (κ3) is 4.06. The number of ketones is 1. The number of ether oxygens (including phenoxy) is 1. The molecular weight excluding hydrogens is 362 g/mol. The molecule has 1 aromatic carbocycles. The van der Waals surface area contributed by atoms with Gasteiger partial charge >= 0.3 is 5.97 Å². The molecule has 2 aromatic heterocycles. The summed E-state index contributed by atoms with van der Waals surface area (Å²) in [6, 6.07) is 10.9. The molecule has 0 aliphatic heterocycles. The molecule has 28 heavy (non-hydrogen) atoms. The summed E-state index contributed by atoms with van der Waals surface area (Å²) in [5.74, 6) is -0.350. The topological polar surface area (TPSA) is 104 Å². The highest BCUT2D eigenvalue weighted by molar-refractivity contribution is 6.07. The highest BCUT2D eigenvalue weighted by atomic mass is 16.6. The number of pyridine rings is 1. The number of fused-ring (bicyclic) bond motifs is 1. The predicted molar refractivity (Wildman–Crippen MR) is 101 cm³/mol. The lowest BCUT2D eigenvalue weighted by Crippen LogP contribution is -2.07. The van der Waals surface area contributed by atoms with Crippen LogP contribution in [0.25, 0.3) is 5.52 Å². The molecular formula is C20H19N3O5. The van der Waals surface area contributed by atoms with Gasteiger partial charge in [0.15, 0.2) is 5.82 Å². The number of esters is 1. The van der Waals surface area contributed by atoms with E-state index in [4.69, 9.17) is 4.74 Å². The van der Waals surface area contributed by atoms with E-state index in [9.17, 15) is 19.7 Å². The van der Waals surface area contributed by atoms with Crippen LogP contribution in [0, 0.1) is 10.1 Å². The normalized spacial score (nSPS) is 10.8. The van der Waals surface area contributed by atoms with Gasteiger partial charge in [-0.25, -0.2) is 4.98 Å². The molecule has 0 bridgehead atoms. The van der Waals surface area contributed by atoms with Gasteiger partial charge in [-0.2, -0.15) is 0 Å². The van der Waals surface area contributed by atoms with Crippen LogP contribution in [-0.4, -0.2) is 32.7 Å². The lowest BCUT2D eigenvalue weighted by Gasteiger charge is -2.01. The molecule has 144 valence electrons. The molecule has 8 nitrogen and oxygen atoms in total. The van der Waals surface area contributed by atoms with E-state index < -0.39 is 4.92 Å². The summed E-state index contributed by atoms with van der Waals surface area (Å²) >= 11 is 0. The number of imidazole rings is 1. The molecule has 0 amide bonds. The molecule has 0 N–H and O–H groups in total. The summed E-state index contributed by atoms with van der Waals surface area (Å²) in [5.41, 5.74) is 1.75. The second-order valence-corrected chi connectivity index (χ2v) is 6.13. The van der Waals surface area contributed by atoms with Crippen LogP contribution in [0.1, 0.15) is 41.6 Å². The van der Waals surface area contributed by atoms with Crippen LogP contribution in [-0.2, 0) is 16.0 Å². The van der Waals surface area contributed by atoms with Crippen LogP contribution in [0.5, 0.6) is 0 Å². The zero-order valence-corrected chi connectivity index (χ0v) is 15.3. The van der Waals surface area contributed by atoms with Crippen LogP contribution >= 0.6 is 0 Å². The van der Waals surface area contributed by atoms with E-state index in [1.54, 1.807) is 23.6 Å². The average Bonchev–Trinajstić information content (AvgIpc) is 3.06. The molecule has 3 rings (SSSR count). The Morgan fingerprint density at radius 1 is 1.18 bits per heavy atom. The average molecular weight is 381 g/mol. The molecule has 0 atom stereocenters. The number of non-ortho nitro benzene ring substituents is 1. The summed E-state index contributed by atoms with van der Waals surface area (Å²) in [7, 11) is 0. The number of nitro benzene ring substituents is 1. The molecule has 0 saturated heterocycles. The van der Waals surface area contributed by atoms with Gasteiger partial charge in [-0.05, 0) is 44.0 Å². The SMILES string of the molecule is CCOC(=O)CCCc1nc(C(=O)c2ccc([N+](=O)[O-])cc2)n2ccccc12. The number of rotatable bonds is 8. The van der Waals surface area contributed by atoms with Gasteiger partial charge in [-0.15, -0.1) is 0 Å². The van der Waals surface area contributed by atoms with Gasteiger partial charge in [0.1, 0.15) is 0 Å². The van der Waals surface area contributed by atoms with Crippen LogP contribution in [0.4, 0.5) is 5.69 Å². The molecule has 2 heterocycles. The van der Waals surface area contributed by atoms with Crippen molar-refractivity contribution in [2.24, 2.45) is 0 Å². The number of benzene rings is 1.